The third-order valence-electron chi connectivity index (χ3n) is 4.75. The number of hydrogen-bond acceptors (Lipinski definition) is 4. The van der Waals surface area contributed by atoms with E-state index >= 15 is 0 Å². The highest BCUT2D eigenvalue weighted by atomic mass is 16.6. The second kappa shape index (κ2) is 12.4. The van der Waals surface area contributed by atoms with Crippen LogP contribution in [0, 0.1) is 0 Å². The van der Waals surface area contributed by atoms with E-state index < -0.39 is 11.7 Å². The summed E-state index contributed by atoms with van der Waals surface area (Å²) in [6.45, 7) is 13.8. The van der Waals surface area contributed by atoms with Gasteiger partial charge in [-0.25, -0.2) is 4.79 Å². The maximum atomic E-state index is 11.8. The molecule has 2 rings (SSSR count). The fourth-order valence-corrected chi connectivity index (χ4v) is 3.33. The maximum Gasteiger partial charge on any atom is 0.412 e. The van der Waals surface area contributed by atoms with Crippen LogP contribution in [0.4, 0.5) is 10.5 Å². The second-order valence-electron chi connectivity index (χ2n) is 8.66. The molecule has 0 saturated carbocycles. The van der Waals surface area contributed by atoms with Gasteiger partial charge in [0, 0.05) is 25.3 Å². The predicted molar refractivity (Wildman–Crippen MR) is 124 cm³/mol. The molecule has 1 aromatic carbocycles. The van der Waals surface area contributed by atoms with Crippen molar-refractivity contribution in [3.63, 3.8) is 0 Å². The van der Waals surface area contributed by atoms with Crippen molar-refractivity contribution < 1.29 is 9.53 Å². The molecule has 7 nitrogen and oxygen atoms in total. The van der Waals surface area contributed by atoms with Gasteiger partial charge in [-0.1, -0.05) is 12.1 Å². The molecule has 0 bridgehead atoms. The number of amides is 1. The molecule has 0 aromatic heterocycles. The zero-order valence-corrected chi connectivity index (χ0v) is 19.1. The number of guanidine groups is 1. The number of ether oxygens (including phenoxy) is 1. The summed E-state index contributed by atoms with van der Waals surface area (Å²) in [4.78, 5) is 19.1. The van der Waals surface area contributed by atoms with Crippen LogP contribution in [0.15, 0.2) is 29.3 Å². The van der Waals surface area contributed by atoms with Gasteiger partial charge in [-0.15, -0.1) is 0 Å². The van der Waals surface area contributed by atoms with Gasteiger partial charge in [0.15, 0.2) is 5.96 Å². The smallest absolute Gasteiger partial charge is 0.412 e. The number of benzene rings is 1. The Labute approximate surface area is 181 Å². The number of likely N-dealkylation sites (tertiary alicyclic amines) is 1. The van der Waals surface area contributed by atoms with Crippen LogP contribution in [0.2, 0.25) is 0 Å². The fourth-order valence-electron chi connectivity index (χ4n) is 3.33. The second-order valence-corrected chi connectivity index (χ2v) is 8.66. The van der Waals surface area contributed by atoms with E-state index in [2.05, 4.69) is 32.8 Å². The van der Waals surface area contributed by atoms with Crippen molar-refractivity contribution in [2.24, 2.45) is 4.99 Å². The summed E-state index contributed by atoms with van der Waals surface area (Å²) >= 11 is 0. The van der Waals surface area contributed by atoms with E-state index in [9.17, 15) is 4.79 Å². The highest BCUT2D eigenvalue weighted by Gasteiger charge is 2.16. The third-order valence-corrected chi connectivity index (χ3v) is 4.75. The van der Waals surface area contributed by atoms with E-state index in [-0.39, 0.29) is 0 Å². The van der Waals surface area contributed by atoms with Gasteiger partial charge in [0.25, 0.3) is 0 Å². The zero-order valence-electron chi connectivity index (χ0n) is 19.1. The van der Waals surface area contributed by atoms with Gasteiger partial charge >= 0.3 is 6.09 Å². The Hall–Kier alpha value is -2.28. The van der Waals surface area contributed by atoms with Crippen molar-refractivity contribution in [2.45, 2.75) is 59.0 Å². The molecule has 1 aliphatic rings. The first-order valence-corrected chi connectivity index (χ1v) is 11.2. The van der Waals surface area contributed by atoms with Crippen molar-refractivity contribution in [1.29, 1.82) is 0 Å². The number of rotatable bonds is 9. The Balaban J connectivity index is 1.70. The first kappa shape index (κ1) is 24.0. The fraction of sp³-hybridized carbons (Fsp3) is 0.652. The Kier molecular flexibility index (Phi) is 9.94. The van der Waals surface area contributed by atoms with Crippen molar-refractivity contribution >= 4 is 17.7 Å². The van der Waals surface area contributed by atoms with Crippen LogP contribution in [-0.4, -0.2) is 61.8 Å². The molecule has 1 amide bonds. The first-order valence-electron chi connectivity index (χ1n) is 11.2. The molecule has 1 aliphatic heterocycles. The van der Waals surface area contributed by atoms with Crippen LogP contribution in [-0.2, 0) is 11.2 Å². The van der Waals surface area contributed by atoms with Gasteiger partial charge in [0.05, 0.1) is 0 Å². The third kappa shape index (κ3) is 9.96. The Morgan fingerprint density at radius 1 is 1.13 bits per heavy atom. The molecule has 1 aromatic rings. The molecule has 0 radical (unpaired) electrons. The lowest BCUT2D eigenvalue weighted by molar-refractivity contribution is 0.0636. The predicted octanol–water partition coefficient (Wildman–Crippen LogP) is 3.62. The minimum absolute atomic E-state index is 0.437. The normalized spacial score (nSPS) is 15.1. The monoisotopic (exact) mass is 417 g/mol. The first-order chi connectivity index (χ1) is 14.4. The minimum atomic E-state index is -0.504. The SMILES string of the molecule is CCNC(=NCCCN1CCCC1)NCCc1ccc(NC(=O)OC(C)(C)C)cc1. The number of carbonyl (C=O) groups is 1. The van der Waals surface area contributed by atoms with E-state index in [1.54, 1.807) is 0 Å². The molecule has 1 heterocycles. The van der Waals surface area contributed by atoms with Gasteiger partial charge in [0.1, 0.15) is 5.60 Å². The van der Waals surface area contributed by atoms with Crippen molar-refractivity contribution in [2.75, 3.05) is 44.6 Å². The molecule has 7 heteroatoms. The topological polar surface area (TPSA) is 78.0 Å². The average Bonchev–Trinajstić information content (AvgIpc) is 3.18. The lowest BCUT2D eigenvalue weighted by Gasteiger charge is -2.19. The van der Waals surface area contributed by atoms with Crippen LogP contribution in [0.1, 0.15) is 52.5 Å². The van der Waals surface area contributed by atoms with Crippen LogP contribution >= 0.6 is 0 Å². The summed E-state index contributed by atoms with van der Waals surface area (Å²) in [7, 11) is 0. The molecule has 168 valence electrons. The van der Waals surface area contributed by atoms with Crippen LogP contribution in [0.25, 0.3) is 0 Å². The van der Waals surface area contributed by atoms with Crippen LogP contribution in [0.5, 0.6) is 0 Å². The van der Waals surface area contributed by atoms with E-state index in [0.717, 1.165) is 50.7 Å². The van der Waals surface area contributed by atoms with E-state index in [4.69, 9.17) is 4.74 Å². The largest absolute Gasteiger partial charge is 0.444 e. The van der Waals surface area contributed by atoms with Crippen LogP contribution in [0.3, 0.4) is 0 Å². The Bertz CT molecular complexity index is 661. The molecule has 30 heavy (non-hydrogen) atoms. The number of hydrogen-bond donors (Lipinski definition) is 3. The lowest BCUT2D eigenvalue weighted by Crippen LogP contribution is -2.38. The summed E-state index contributed by atoms with van der Waals surface area (Å²) in [5.41, 5.74) is 1.42. The minimum Gasteiger partial charge on any atom is -0.444 e. The molecule has 0 atom stereocenters. The number of nitrogens with zero attached hydrogens (tertiary/aromatic N) is 2. The van der Waals surface area contributed by atoms with Gasteiger partial charge in [-0.2, -0.15) is 0 Å². The van der Waals surface area contributed by atoms with Crippen LogP contribution < -0.4 is 16.0 Å². The molecule has 0 aliphatic carbocycles. The molecular weight excluding hydrogens is 378 g/mol. The highest BCUT2D eigenvalue weighted by molar-refractivity contribution is 5.84. The molecular formula is C23H39N5O2. The highest BCUT2D eigenvalue weighted by Crippen LogP contribution is 2.13. The quantitative estimate of drug-likeness (QED) is 0.325. The summed E-state index contributed by atoms with van der Waals surface area (Å²) in [6.07, 6.45) is 4.22. The van der Waals surface area contributed by atoms with Gasteiger partial charge < -0.3 is 20.3 Å². The summed E-state index contributed by atoms with van der Waals surface area (Å²) in [6, 6.07) is 7.84. The molecule has 0 unspecified atom stereocenters. The van der Waals surface area contributed by atoms with Gasteiger partial charge in [-0.3, -0.25) is 10.3 Å². The maximum absolute atomic E-state index is 11.8. The number of aliphatic imine (C=N–C) groups is 1. The molecule has 0 spiro atoms. The van der Waals surface area contributed by atoms with Gasteiger partial charge in [0.2, 0.25) is 0 Å². The van der Waals surface area contributed by atoms with Crippen molar-refractivity contribution in [3.05, 3.63) is 29.8 Å². The van der Waals surface area contributed by atoms with Crippen molar-refractivity contribution in [1.82, 2.24) is 15.5 Å². The lowest BCUT2D eigenvalue weighted by atomic mass is 10.1. The zero-order chi connectivity index (χ0) is 21.8. The van der Waals surface area contributed by atoms with Gasteiger partial charge in [-0.05, 0) is 90.7 Å². The number of carbonyl (C=O) groups excluding carboxylic acids is 1. The number of anilines is 1. The molecule has 3 N–H and O–H groups in total. The summed E-state index contributed by atoms with van der Waals surface area (Å²) < 4.78 is 5.27. The average molecular weight is 418 g/mol. The van der Waals surface area contributed by atoms with E-state index in [1.807, 2.05) is 45.0 Å². The Morgan fingerprint density at radius 3 is 2.47 bits per heavy atom. The van der Waals surface area contributed by atoms with E-state index in [1.165, 1.54) is 31.5 Å². The summed E-state index contributed by atoms with van der Waals surface area (Å²) in [5, 5.41) is 9.47. The van der Waals surface area contributed by atoms with E-state index in [0.29, 0.717) is 0 Å². The van der Waals surface area contributed by atoms with Crippen molar-refractivity contribution in [3.8, 4) is 0 Å². The molecule has 1 fully saturated rings. The standard InChI is InChI=1S/C23H39N5O2/c1-5-24-21(25-14-8-18-28-16-6-7-17-28)26-15-13-19-9-11-20(12-10-19)27-22(29)30-23(2,3)4/h9-12H,5-8,13-18H2,1-4H3,(H,27,29)(H2,24,25,26). The summed E-state index contributed by atoms with van der Waals surface area (Å²) in [5.74, 6) is 0.877. The Morgan fingerprint density at radius 2 is 1.83 bits per heavy atom. The number of nitrogens with one attached hydrogen (secondary N) is 3. The molecule has 1 saturated heterocycles.